The molecule has 0 aromatic heterocycles. The van der Waals surface area contributed by atoms with Crippen LogP contribution in [0.4, 0.5) is 0 Å². The molecule has 7 heteroatoms. The van der Waals surface area contributed by atoms with Crippen LogP contribution in [-0.4, -0.2) is 0 Å². The van der Waals surface area contributed by atoms with Gasteiger partial charge in [0.05, 0.1) is 0 Å². The van der Waals surface area contributed by atoms with E-state index in [-0.39, 0.29) is 17.1 Å². The molecule has 0 saturated carbocycles. The van der Waals surface area contributed by atoms with Crippen molar-refractivity contribution in [2.24, 2.45) is 0 Å². The summed E-state index contributed by atoms with van der Waals surface area (Å²) in [7, 11) is -5.42. The first-order valence-electron chi connectivity index (χ1n) is 5.14. The maximum absolute atomic E-state index is 10.3. The van der Waals surface area contributed by atoms with Crippen LogP contribution in [0.5, 0.6) is 0 Å². The molecule has 0 aliphatic carbocycles. The van der Waals surface area contributed by atoms with Crippen LogP contribution in [0, 0.1) is 0 Å². The van der Waals surface area contributed by atoms with E-state index in [2.05, 4.69) is 0 Å². The molecule has 1 radical (unpaired) electrons. The van der Waals surface area contributed by atoms with Crippen LogP contribution >= 0.6 is 16.1 Å². The summed E-state index contributed by atoms with van der Waals surface area (Å²) in [6.07, 6.45) is 0. The molecule has 105 valence electrons. The Balaban J connectivity index is 0.000000324. The molecule has 0 N–H and O–H groups in total. The fraction of sp³-hybridized carbons (Fsp3) is 0. The van der Waals surface area contributed by atoms with Crippen LogP contribution in [0.3, 0.4) is 0 Å². The summed E-state index contributed by atoms with van der Waals surface area (Å²) >= 11 is 0. The van der Waals surface area contributed by atoms with Gasteiger partial charge in [0.1, 0.15) is 0 Å². The van der Waals surface area contributed by atoms with E-state index in [1.165, 1.54) is 0 Å². The van der Waals surface area contributed by atoms with E-state index in [1.54, 1.807) is 60.7 Å². The summed E-state index contributed by atoms with van der Waals surface area (Å²) in [5.41, 5.74) is 0. The Morgan fingerprint density at radius 2 is 0.895 bits per heavy atom. The first-order chi connectivity index (χ1) is 8.61. The Labute approximate surface area is 123 Å². The van der Waals surface area contributed by atoms with Crippen molar-refractivity contribution in [3.63, 3.8) is 0 Å². The minimum atomic E-state index is -2.71. The summed E-state index contributed by atoms with van der Waals surface area (Å²) in [6, 6.07) is 16.7. The third-order valence-corrected chi connectivity index (χ3v) is 3.63. The molecule has 0 fully saturated rings. The summed E-state index contributed by atoms with van der Waals surface area (Å²) in [4.78, 5) is 20.6. The predicted molar refractivity (Wildman–Crippen MR) is 70.2 cm³/mol. The topological polar surface area (TPSA) is 80.3 Å². The molecule has 0 heterocycles. The van der Waals surface area contributed by atoms with Crippen LogP contribution in [0.25, 0.3) is 0 Å². The van der Waals surface area contributed by atoms with Crippen molar-refractivity contribution in [3.8, 4) is 0 Å². The van der Waals surface area contributed by atoms with Gasteiger partial charge in [-0.05, 0) is 10.6 Å². The summed E-state index contributed by atoms with van der Waals surface area (Å²) < 4.78 is 20.6. The van der Waals surface area contributed by atoms with Crippen LogP contribution in [0.2, 0.25) is 0 Å². The molecule has 0 saturated heterocycles. The minimum absolute atomic E-state index is 0. The van der Waals surface area contributed by atoms with E-state index < -0.39 is 16.1 Å². The average molecular weight is 346 g/mol. The van der Waals surface area contributed by atoms with Crippen LogP contribution < -0.4 is 20.4 Å². The third kappa shape index (κ3) is 7.49. The Kier molecular flexibility index (Phi) is 9.81. The standard InChI is InChI=1S/2C6H7O2P.Cu/c2*7-9(8)6-4-2-1-3-5-6;/h2*1-5,9H,(H,7,8);/q;;+2/p-2. The van der Waals surface area contributed by atoms with Crippen molar-refractivity contribution < 1.29 is 36.0 Å². The minimum Gasteiger partial charge on any atom is -0.798 e. The zero-order valence-electron chi connectivity index (χ0n) is 9.71. The molecule has 0 aliphatic heterocycles. The van der Waals surface area contributed by atoms with Gasteiger partial charge in [-0.1, -0.05) is 60.7 Å². The van der Waals surface area contributed by atoms with E-state index in [9.17, 15) is 18.9 Å². The second-order valence-corrected chi connectivity index (χ2v) is 5.61. The van der Waals surface area contributed by atoms with Crippen molar-refractivity contribution >= 4 is 26.7 Å². The van der Waals surface area contributed by atoms with Crippen LogP contribution in [-0.2, 0) is 26.2 Å². The van der Waals surface area contributed by atoms with Gasteiger partial charge in [-0.2, -0.15) is 0 Å². The van der Waals surface area contributed by atoms with Crippen LogP contribution in [0.15, 0.2) is 60.7 Å². The fourth-order valence-electron chi connectivity index (χ4n) is 1.15. The Morgan fingerprint density at radius 1 is 0.632 bits per heavy atom. The number of rotatable bonds is 2. The first kappa shape index (κ1) is 18.3. The van der Waals surface area contributed by atoms with E-state index in [4.69, 9.17) is 0 Å². The molecule has 2 rings (SSSR count). The van der Waals surface area contributed by atoms with Gasteiger partial charge >= 0.3 is 17.1 Å². The molecular formula is C12H12CuO4P2. The molecule has 0 amide bonds. The van der Waals surface area contributed by atoms with Gasteiger partial charge in [0, 0.05) is 16.1 Å². The van der Waals surface area contributed by atoms with Gasteiger partial charge in [0.15, 0.2) is 0 Å². The van der Waals surface area contributed by atoms with Gasteiger partial charge < -0.3 is 18.9 Å². The Hall–Kier alpha value is -0.661. The van der Waals surface area contributed by atoms with Gasteiger partial charge in [0.25, 0.3) is 0 Å². The SMILES string of the molecule is O=[PH]([O-])c1ccccc1.O=[PH]([O-])c1ccccc1.[Cu+2]. The average Bonchev–Trinajstić information content (AvgIpc) is 2.41. The van der Waals surface area contributed by atoms with Gasteiger partial charge in [-0.25, -0.2) is 0 Å². The second kappa shape index (κ2) is 10.2. The maximum atomic E-state index is 10.3. The number of hydrogen-bond donors (Lipinski definition) is 0. The molecule has 0 bridgehead atoms. The summed E-state index contributed by atoms with van der Waals surface area (Å²) in [5.74, 6) is 0. The van der Waals surface area contributed by atoms with Crippen molar-refractivity contribution in [2.75, 3.05) is 0 Å². The summed E-state index contributed by atoms with van der Waals surface area (Å²) in [5, 5.41) is 0.810. The predicted octanol–water partition coefficient (Wildman–Crippen LogP) is 0.291. The van der Waals surface area contributed by atoms with Gasteiger partial charge in [-0.15, -0.1) is 0 Å². The molecule has 19 heavy (non-hydrogen) atoms. The largest absolute Gasteiger partial charge is 2.00 e. The molecule has 2 aromatic rings. The van der Waals surface area contributed by atoms with Gasteiger partial charge in [0.2, 0.25) is 0 Å². The van der Waals surface area contributed by atoms with E-state index in [0.717, 1.165) is 0 Å². The molecule has 0 aliphatic rings. The smallest absolute Gasteiger partial charge is 0.798 e. The fourth-order valence-corrected chi connectivity index (χ4v) is 2.08. The van der Waals surface area contributed by atoms with E-state index in [0.29, 0.717) is 10.6 Å². The molecule has 2 atom stereocenters. The van der Waals surface area contributed by atoms with Crippen molar-refractivity contribution in [1.29, 1.82) is 0 Å². The molecule has 4 nitrogen and oxygen atoms in total. The van der Waals surface area contributed by atoms with Gasteiger partial charge in [-0.3, -0.25) is 0 Å². The first-order valence-corrected chi connectivity index (χ1v) is 7.77. The van der Waals surface area contributed by atoms with Crippen molar-refractivity contribution in [2.45, 2.75) is 0 Å². The van der Waals surface area contributed by atoms with Crippen molar-refractivity contribution in [1.82, 2.24) is 0 Å². The zero-order valence-corrected chi connectivity index (χ0v) is 12.6. The molecular weight excluding hydrogens is 334 g/mol. The van der Waals surface area contributed by atoms with E-state index >= 15 is 0 Å². The Morgan fingerprint density at radius 3 is 1.05 bits per heavy atom. The quantitative estimate of drug-likeness (QED) is 0.579. The second-order valence-electron chi connectivity index (χ2n) is 3.31. The number of hydrogen-bond acceptors (Lipinski definition) is 4. The van der Waals surface area contributed by atoms with E-state index in [1.807, 2.05) is 0 Å². The molecule has 0 spiro atoms. The summed E-state index contributed by atoms with van der Waals surface area (Å²) in [6.45, 7) is 0. The maximum Gasteiger partial charge on any atom is 2.00 e. The normalized spacial score (nSPS) is 12.3. The van der Waals surface area contributed by atoms with Crippen LogP contribution in [0.1, 0.15) is 0 Å². The third-order valence-electron chi connectivity index (χ3n) is 2.02. The molecule has 2 unspecified atom stereocenters. The molecule has 2 aromatic carbocycles. The van der Waals surface area contributed by atoms with Crippen molar-refractivity contribution in [3.05, 3.63) is 60.7 Å². The number of benzene rings is 2. The monoisotopic (exact) mass is 345 g/mol. The Bertz CT molecular complexity index is 470. The zero-order chi connectivity index (χ0) is 13.4.